The Hall–Kier alpha value is -2.76. The highest BCUT2D eigenvalue weighted by atomic mass is 19.1. The maximum Gasteiger partial charge on any atom is 0.326 e. The van der Waals surface area contributed by atoms with Gasteiger partial charge in [0.05, 0.1) is 5.56 Å². The average Bonchev–Trinajstić information content (AvgIpc) is 2.46. The zero-order valence-electron chi connectivity index (χ0n) is 12.3. The molecule has 2 aromatic rings. The van der Waals surface area contributed by atoms with Gasteiger partial charge in [-0.05, 0) is 24.6 Å². The topological polar surface area (TPSA) is 66.4 Å². The molecule has 0 saturated carbocycles. The Morgan fingerprint density at radius 2 is 1.91 bits per heavy atom. The number of rotatable bonds is 5. The van der Waals surface area contributed by atoms with E-state index in [0.29, 0.717) is 6.07 Å². The maximum absolute atomic E-state index is 13.6. The summed E-state index contributed by atoms with van der Waals surface area (Å²) in [7, 11) is 0. The number of carboxylic acids is 1. The maximum atomic E-state index is 13.6. The second-order valence-corrected chi connectivity index (χ2v) is 5.18. The smallest absolute Gasteiger partial charge is 0.326 e. The molecule has 0 unspecified atom stereocenters. The zero-order valence-corrected chi connectivity index (χ0v) is 12.3. The monoisotopic (exact) mass is 319 g/mol. The molecule has 0 radical (unpaired) electrons. The van der Waals surface area contributed by atoms with Crippen LogP contribution in [-0.4, -0.2) is 23.0 Å². The quantitative estimate of drug-likeness (QED) is 0.890. The predicted molar refractivity (Wildman–Crippen MR) is 80.1 cm³/mol. The van der Waals surface area contributed by atoms with E-state index in [4.69, 9.17) is 0 Å². The molecule has 4 nitrogen and oxygen atoms in total. The van der Waals surface area contributed by atoms with E-state index >= 15 is 0 Å². The molecular weight excluding hydrogens is 304 g/mol. The summed E-state index contributed by atoms with van der Waals surface area (Å²) in [6.45, 7) is 1.87. The number of amides is 1. The largest absolute Gasteiger partial charge is 0.480 e. The van der Waals surface area contributed by atoms with Crippen LogP contribution in [0.4, 0.5) is 8.78 Å². The van der Waals surface area contributed by atoms with E-state index in [9.17, 15) is 23.5 Å². The summed E-state index contributed by atoms with van der Waals surface area (Å²) in [5.74, 6) is -3.99. The fraction of sp³-hybridized carbons (Fsp3) is 0.176. The van der Waals surface area contributed by atoms with Gasteiger partial charge in [0.15, 0.2) is 0 Å². The van der Waals surface area contributed by atoms with Crippen LogP contribution in [0.1, 0.15) is 21.5 Å². The van der Waals surface area contributed by atoms with Gasteiger partial charge >= 0.3 is 5.97 Å². The Bertz CT molecular complexity index is 746. The van der Waals surface area contributed by atoms with Gasteiger partial charge in [0, 0.05) is 12.5 Å². The number of carbonyl (C=O) groups is 2. The first-order valence-corrected chi connectivity index (χ1v) is 6.91. The van der Waals surface area contributed by atoms with Gasteiger partial charge in [-0.2, -0.15) is 0 Å². The van der Waals surface area contributed by atoms with Gasteiger partial charge in [0.2, 0.25) is 0 Å². The minimum Gasteiger partial charge on any atom is -0.480 e. The van der Waals surface area contributed by atoms with Crippen molar-refractivity contribution < 1.29 is 23.5 Å². The third-order valence-electron chi connectivity index (χ3n) is 3.30. The fourth-order valence-electron chi connectivity index (χ4n) is 2.18. The average molecular weight is 319 g/mol. The van der Waals surface area contributed by atoms with E-state index in [2.05, 4.69) is 5.32 Å². The molecule has 23 heavy (non-hydrogen) atoms. The van der Waals surface area contributed by atoms with Crippen molar-refractivity contribution in [3.05, 3.63) is 70.8 Å². The van der Waals surface area contributed by atoms with Gasteiger partial charge in [-0.15, -0.1) is 0 Å². The summed E-state index contributed by atoms with van der Waals surface area (Å²) >= 11 is 0. The number of carbonyl (C=O) groups excluding carboxylic acids is 1. The Labute approximate surface area is 131 Å². The second-order valence-electron chi connectivity index (χ2n) is 5.18. The predicted octanol–water partition coefficient (Wildman–Crippen LogP) is 2.70. The summed E-state index contributed by atoms with van der Waals surface area (Å²) < 4.78 is 26.4. The van der Waals surface area contributed by atoms with Gasteiger partial charge in [0.1, 0.15) is 17.7 Å². The summed E-state index contributed by atoms with van der Waals surface area (Å²) in [6.07, 6.45) is 0.0611. The molecule has 2 aromatic carbocycles. The van der Waals surface area contributed by atoms with Crippen molar-refractivity contribution >= 4 is 11.9 Å². The summed E-state index contributed by atoms with van der Waals surface area (Å²) in [5.41, 5.74) is 1.29. The van der Waals surface area contributed by atoms with Crippen molar-refractivity contribution in [2.75, 3.05) is 0 Å². The molecule has 0 bridgehead atoms. The number of hydrogen-bond acceptors (Lipinski definition) is 2. The lowest BCUT2D eigenvalue weighted by molar-refractivity contribution is -0.139. The zero-order chi connectivity index (χ0) is 17.0. The van der Waals surface area contributed by atoms with E-state index < -0.39 is 35.1 Å². The van der Waals surface area contributed by atoms with Crippen LogP contribution in [0.25, 0.3) is 0 Å². The number of aryl methyl sites for hydroxylation is 1. The van der Waals surface area contributed by atoms with Gasteiger partial charge in [-0.1, -0.05) is 29.8 Å². The molecule has 6 heteroatoms. The third-order valence-corrected chi connectivity index (χ3v) is 3.30. The number of halogens is 2. The van der Waals surface area contributed by atoms with Crippen LogP contribution in [0, 0.1) is 18.6 Å². The number of aliphatic carboxylic acids is 1. The van der Waals surface area contributed by atoms with Crippen molar-refractivity contribution in [1.29, 1.82) is 0 Å². The van der Waals surface area contributed by atoms with Gasteiger partial charge < -0.3 is 10.4 Å². The van der Waals surface area contributed by atoms with Crippen LogP contribution in [0.3, 0.4) is 0 Å². The molecule has 2 N–H and O–H groups in total. The molecule has 2 rings (SSSR count). The first kappa shape index (κ1) is 16.6. The van der Waals surface area contributed by atoms with E-state index in [1.54, 1.807) is 18.2 Å². The molecule has 0 aromatic heterocycles. The Balaban J connectivity index is 2.16. The van der Waals surface area contributed by atoms with Crippen LogP contribution in [-0.2, 0) is 11.2 Å². The molecular formula is C17H15F2NO3. The number of carboxylic acid groups (broad SMARTS) is 1. The molecule has 0 aliphatic rings. The molecule has 120 valence electrons. The lowest BCUT2D eigenvalue weighted by atomic mass is 10.0. The minimum atomic E-state index is -1.23. The summed E-state index contributed by atoms with van der Waals surface area (Å²) in [6, 6.07) is 8.48. The number of hydrogen-bond donors (Lipinski definition) is 2. The van der Waals surface area contributed by atoms with E-state index in [1.165, 1.54) is 0 Å². The van der Waals surface area contributed by atoms with Crippen molar-refractivity contribution in [1.82, 2.24) is 5.32 Å². The van der Waals surface area contributed by atoms with E-state index in [0.717, 1.165) is 23.3 Å². The van der Waals surface area contributed by atoms with Crippen LogP contribution in [0.2, 0.25) is 0 Å². The standard InChI is InChI=1S/C17H15F2NO3/c1-10-3-2-4-11(7-10)8-15(17(22)23)20-16(21)13-6-5-12(18)9-14(13)19/h2-7,9,15H,8H2,1H3,(H,20,21)(H,22,23)/t15-/m0/s1. The Morgan fingerprint density at radius 1 is 1.17 bits per heavy atom. The first-order valence-electron chi connectivity index (χ1n) is 6.91. The molecule has 1 amide bonds. The minimum absolute atomic E-state index is 0.0611. The molecule has 0 aliphatic carbocycles. The van der Waals surface area contributed by atoms with E-state index in [1.807, 2.05) is 13.0 Å². The highest BCUT2D eigenvalue weighted by molar-refractivity contribution is 5.96. The molecule has 0 spiro atoms. The van der Waals surface area contributed by atoms with Crippen LogP contribution in [0.15, 0.2) is 42.5 Å². The van der Waals surface area contributed by atoms with Crippen molar-refractivity contribution in [3.8, 4) is 0 Å². The first-order chi connectivity index (χ1) is 10.9. The van der Waals surface area contributed by atoms with Crippen molar-refractivity contribution in [3.63, 3.8) is 0 Å². The molecule has 0 heterocycles. The van der Waals surface area contributed by atoms with Crippen molar-refractivity contribution in [2.45, 2.75) is 19.4 Å². The van der Waals surface area contributed by atoms with Crippen LogP contribution >= 0.6 is 0 Å². The van der Waals surface area contributed by atoms with Gasteiger partial charge in [0.25, 0.3) is 5.91 Å². The molecule has 0 aliphatic heterocycles. The molecule has 0 saturated heterocycles. The molecule has 1 atom stereocenters. The Morgan fingerprint density at radius 3 is 2.52 bits per heavy atom. The second kappa shape index (κ2) is 7.00. The number of nitrogens with one attached hydrogen (secondary N) is 1. The summed E-state index contributed by atoms with van der Waals surface area (Å²) in [4.78, 5) is 23.3. The molecule has 0 fully saturated rings. The van der Waals surface area contributed by atoms with Crippen molar-refractivity contribution in [2.24, 2.45) is 0 Å². The van der Waals surface area contributed by atoms with Gasteiger partial charge in [-0.3, -0.25) is 4.79 Å². The third kappa shape index (κ3) is 4.35. The van der Waals surface area contributed by atoms with E-state index in [-0.39, 0.29) is 6.42 Å². The lowest BCUT2D eigenvalue weighted by Crippen LogP contribution is -2.42. The van der Waals surface area contributed by atoms with Crippen LogP contribution in [0.5, 0.6) is 0 Å². The highest BCUT2D eigenvalue weighted by Crippen LogP contribution is 2.11. The number of benzene rings is 2. The highest BCUT2D eigenvalue weighted by Gasteiger charge is 2.22. The van der Waals surface area contributed by atoms with Gasteiger partial charge in [-0.25, -0.2) is 13.6 Å². The normalized spacial score (nSPS) is 11.8. The Kier molecular flexibility index (Phi) is 5.05. The SMILES string of the molecule is Cc1cccc(C[C@H](NC(=O)c2ccc(F)cc2F)C(=O)O)c1. The summed E-state index contributed by atoms with van der Waals surface area (Å²) in [5, 5.41) is 11.5. The van der Waals surface area contributed by atoms with Crippen LogP contribution < -0.4 is 5.32 Å². The fourth-order valence-corrected chi connectivity index (χ4v) is 2.18. The lowest BCUT2D eigenvalue weighted by Gasteiger charge is -2.15.